The lowest BCUT2D eigenvalue weighted by molar-refractivity contribution is -0.376. The monoisotopic (exact) mass is 339 g/mol. The van der Waals surface area contributed by atoms with Crippen LogP contribution in [-0.4, -0.2) is 15.0 Å². The Hall–Kier alpha value is -1.70. The van der Waals surface area contributed by atoms with E-state index in [0.29, 0.717) is 11.4 Å². The van der Waals surface area contributed by atoms with E-state index < -0.39 is 0 Å². The van der Waals surface area contributed by atoms with Crippen LogP contribution in [-0.2, 0) is 0 Å². The van der Waals surface area contributed by atoms with Gasteiger partial charge in [-0.15, -0.1) is 0 Å². The number of H-pyrrole nitrogens is 3. The Morgan fingerprint density at radius 3 is 3.00 bits per heavy atom. The zero-order valence-corrected chi connectivity index (χ0v) is 10.8. The van der Waals surface area contributed by atoms with E-state index in [1.54, 1.807) is 12.4 Å². The number of halogens is 1. The van der Waals surface area contributed by atoms with E-state index in [1.165, 1.54) is 0 Å². The molecule has 17 heavy (non-hydrogen) atoms. The molecule has 3 aromatic heterocycles. The van der Waals surface area contributed by atoms with Crippen molar-refractivity contribution >= 4 is 33.6 Å². The highest BCUT2D eigenvalue weighted by atomic mass is 127. The second-order valence-corrected chi connectivity index (χ2v) is 4.72. The van der Waals surface area contributed by atoms with Crippen molar-refractivity contribution in [2.24, 2.45) is 0 Å². The first-order valence-corrected chi connectivity index (χ1v) is 6.07. The molecule has 0 bridgehead atoms. The van der Waals surface area contributed by atoms with Crippen LogP contribution < -0.4 is 10.5 Å². The minimum Gasteiger partial charge on any atom is -0.333 e. The summed E-state index contributed by atoms with van der Waals surface area (Å²) in [6.45, 7) is 0. The van der Waals surface area contributed by atoms with Gasteiger partial charge in [-0.05, 0) is 28.7 Å². The van der Waals surface area contributed by atoms with E-state index in [0.717, 1.165) is 14.6 Å². The third-order valence-corrected chi connectivity index (χ3v) is 3.37. The zero-order chi connectivity index (χ0) is 11.8. The minimum atomic E-state index is -0.139. The van der Waals surface area contributed by atoms with E-state index in [1.807, 2.05) is 18.3 Å². The fraction of sp³-hybridized carbons (Fsp3) is 0. The van der Waals surface area contributed by atoms with Gasteiger partial charge in [-0.25, -0.2) is 9.97 Å². The van der Waals surface area contributed by atoms with E-state index in [4.69, 9.17) is 0 Å². The molecule has 0 aromatic carbocycles. The molecule has 0 aliphatic carbocycles. The summed E-state index contributed by atoms with van der Waals surface area (Å²) in [5, 5.41) is 0. The van der Waals surface area contributed by atoms with Crippen molar-refractivity contribution in [1.29, 1.82) is 0 Å². The molecule has 0 aliphatic heterocycles. The number of hydrogen-bond donors (Lipinski definition) is 2. The Bertz CT molecular complexity index is 713. The minimum absolute atomic E-state index is 0.139. The van der Waals surface area contributed by atoms with Gasteiger partial charge in [0.2, 0.25) is 0 Å². The summed E-state index contributed by atoms with van der Waals surface area (Å²) >= 11 is 2.13. The smallest absolute Gasteiger partial charge is 0.260 e. The summed E-state index contributed by atoms with van der Waals surface area (Å²) in [5.41, 5.74) is 2.14. The van der Waals surface area contributed by atoms with E-state index in [-0.39, 0.29) is 5.56 Å². The van der Waals surface area contributed by atoms with Crippen molar-refractivity contribution in [2.75, 3.05) is 0 Å². The zero-order valence-electron chi connectivity index (χ0n) is 8.62. The average Bonchev–Trinajstić information content (AvgIpc) is 2.71. The molecular formula is C11H8IN4O+. The Kier molecular flexibility index (Phi) is 2.43. The normalized spacial score (nSPS) is 10.9. The number of nitrogens with zero attached hydrogens (tertiary/aromatic N) is 1. The van der Waals surface area contributed by atoms with Crippen LogP contribution in [0, 0.1) is 3.57 Å². The van der Waals surface area contributed by atoms with Gasteiger partial charge in [0, 0.05) is 15.8 Å². The van der Waals surface area contributed by atoms with Gasteiger partial charge in [0.15, 0.2) is 12.4 Å². The molecule has 3 aromatic rings. The fourth-order valence-corrected chi connectivity index (χ4v) is 2.37. The number of hydrogen-bond acceptors (Lipinski definition) is 2. The third-order valence-electron chi connectivity index (χ3n) is 2.47. The maximum atomic E-state index is 11.8. The van der Waals surface area contributed by atoms with Crippen molar-refractivity contribution in [3.05, 3.63) is 44.6 Å². The van der Waals surface area contributed by atoms with Gasteiger partial charge in [-0.2, -0.15) is 0 Å². The lowest BCUT2D eigenvalue weighted by atomic mass is 10.3. The molecule has 0 radical (unpaired) electrons. The summed E-state index contributed by atoms with van der Waals surface area (Å²) in [7, 11) is 0. The molecule has 3 rings (SSSR count). The van der Waals surface area contributed by atoms with Crippen LogP contribution in [0.25, 0.3) is 22.4 Å². The van der Waals surface area contributed by atoms with Gasteiger partial charge >= 0.3 is 0 Å². The maximum Gasteiger partial charge on any atom is 0.260 e. The Morgan fingerprint density at radius 1 is 1.35 bits per heavy atom. The number of imidazole rings is 1. The van der Waals surface area contributed by atoms with Crippen molar-refractivity contribution in [1.82, 2.24) is 15.0 Å². The van der Waals surface area contributed by atoms with E-state index in [9.17, 15) is 4.79 Å². The molecule has 0 fully saturated rings. The predicted octanol–water partition coefficient (Wildman–Crippen LogP) is 1.34. The largest absolute Gasteiger partial charge is 0.333 e. The second kappa shape index (κ2) is 3.95. The molecule has 3 N–H and O–H groups in total. The summed E-state index contributed by atoms with van der Waals surface area (Å²) in [4.78, 5) is 24.9. The summed E-state index contributed by atoms with van der Waals surface area (Å²) < 4.78 is 0.870. The topological polar surface area (TPSA) is 75.7 Å². The first-order valence-electron chi connectivity index (χ1n) is 4.99. The summed E-state index contributed by atoms with van der Waals surface area (Å²) in [6, 6.07) is 3.70. The number of rotatable bonds is 1. The molecule has 3 heterocycles. The van der Waals surface area contributed by atoms with Crippen LogP contribution in [0.5, 0.6) is 0 Å². The highest BCUT2D eigenvalue weighted by molar-refractivity contribution is 14.1. The molecule has 84 valence electrons. The van der Waals surface area contributed by atoms with Gasteiger partial charge in [0.25, 0.3) is 5.56 Å². The Labute approximate surface area is 109 Å². The molecule has 0 unspecified atom stereocenters. The van der Waals surface area contributed by atoms with Crippen LogP contribution in [0.1, 0.15) is 0 Å². The van der Waals surface area contributed by atoms with Crippen molar-refractivity contribution in [3.8, 4) is 11.4 Å². The summed E-state index contributed by atoms with van der Waals surface area (Å²) in [5.74, 6) is 0.589. The molecule has 6 heteroatoms. The van der Waals surface area contributed by atoms with Crippen LogP contribution in [0.3, 0.4) is 0 Å². The van der Waals surface area contributed by atoms with Crippen molar-refractivity contribution in [2.45, 2.75) is 0 Å². The van der Waals surface area contributed by atoms with Gasteiger partial charge < -0.3 is 9.97 Å². The van der Waals surface area contributed by atoms with Crippen LogP contribution in [0.15, 0.2) is 35.5 Å². The van der Waals surface area contributed by atoms with E-state index in [2.05, 4.69) is 42.5 Å². The van der Waals surface area contributed by atoms with Gasteiger partial charge in [0.05, 0.1) is 5.56 Å². The van der Waals surface area contributed by atoms with Crippen LogP contribution in [0.4, 0.5) is 0 Å². The van der Waals surface area contributed by atoms with Crippen LogP contribution >= 0.6 is 22.6 Å². The maximum absolute atomic E-state index is 11.8. The highest BCUT2D eigenvalue weighted by Gasteiger charge is 2.12. The molecule has 0 amide bonds. The standard InChI is InChI=1S/C11H7IN4O/c12-6-1-4-14-11(17)9(6)10-15-7-2-3-13-5-8(7)16-10/h1-5H,(H,14,17)(H,15,16)/p+1. The molecule has 0 aliphatic rings. The third kappa shape index (κ3) is 1.74. The molecule has 5 nitrogen and oxygen atoms in total. The first kappa shape index (κ1) is 10.5. The highest BCUT2D eigenvalue weighted by Crippen LogP contribution is 2.20. The lowest BCUT2D eigenvalue weighted by Gasteiger charge is -1.97. The van der Waals surface area contributed by atoms with Gasteiger partial charge in [-0.1, -0.05) is 0 Å². The number of aromatic nitrogens is 4. The average molecular weight is 339 g/mol. The lowest BCUT2D eigenvalue weighted by Crippen LogP contribution is -2.10. The molecule has 0 saturated carbocycles. The number of fused-ring (bicyclic) bond motifs is 1. The molecule has 0 atom stereocenters. The summed E-state index contributed by atoms with van der Waals surface area (Å²) in [6.07, 6.45) is 5.24. The number of nitrogens with one attached hydrogen (secondary N) is 3. The quantitative estimate of drug-likeness (QED) is 0.657. The SMILES string of the molecule is O=c1[nH]ccc(I)c1-c1nc2cc[nH+]cc2[nH]1. The van der Waals surface area contributed by atoms with Crippen molar-refractivity contribution in [3.63, 3.8) is 0 Å². The molecular weight excluding hydrogens is 331 g/mol. The van der Waals surface area contributed by atoms with Crippen LogP contribution in [0.2, 0.25) is 0 Å². The van der Waals surface area contributed by atoms with Gasteiger partial charge in [-0.3, -0.25) is 4.79 Å². The fourth-order valence-electron chi connectivity index (χ4n) is 1.69. The number of pyridine rings is 2. The van der Waals surface area contributed by atoms with E-state index >= 15 is 0 Å². The van der Waals surface area contributed by atoms with Gasteiger partial charge in [0.1, 0.15) is 16.9 Å². The second-order valence-electron chi connectivity index (χ2n) is 3.56. The predicted molar refractivity (Wildman–Crippen MR) is 71.4 cm³/mol. The molecule has 0 saturated heterocycles. The Balaban J connectivity index is 2.31. The number of aromatic amines is 3. The Morgan fingerprint density at radius 2 is 2.24 bits per heavy atom. The molecule has 0 spiro atoms. The van der Waals surface area contributed by atoms with Crippen molar-refractivity contribution < 1.29 is 4.98 Å². The first-order chi connectivity index (χ1) is 8.25.